The first kappa shape index (κ1) is 14.1. The zero-order valence-electron chi connectivity index (χ0n) is 12.2. The standard InChI is InChI=1S/C15H18N4OS/c1-10-14(21-11(2)18-10)15(20)19-7-3-4-12(9-19)13-8-16-5-6-17-13/h5-6,8,12H,3-4,7,9H2,1-2H3. The van der Waals surface area contributed by atoms with Gasteiger partial charge in [-0.05, 0) is 26.7 Å². The Morgan fingerprint density at radius 2 is 2.24 bits per heavy atom. The van der Waals surface area contributed by atoms with E-state index in [-0.39, 0.29) is 11.8 Å². The molecule has 1 aliphatic rings. The number of aryl methyl sites for hydroxylation is 2. The first-order valence-electron chi connectivity index (χ1n) is 7.14. The lowest BCUT2D eigenvalue weighted by molar-refractivity contribution is 0.0709. The van der Waals surface area contributed by atoms with Crippen LogP contribution in [0.5, 0.6) is 0 Å². The van der Waals surface area contributed by atoms with Gasteiger partial charge < -0.3 is 4.90 Å². The molecule has 0 spiro atoms. The van der Waals surface area contributed by atoms with E-state index in [1.54, 1.807) is 18.6 Å². The van der Waals surface area contributed by atoms with Crippen LogP contribution in [0.4, 0.5) is 0 Å². The average molecular weight is 302 g/mol. The second kappa shape index (κ2) is 5.89. The molecular formula is C15H18N4OS. The van der Waals surface area contributed by atoms with Gasteiger partial charge in [-0.15, -0.1) is 11.3 Å². The van der Waals surface area contributed by atoms with Crippen LogP contribution in [0.3, 0.4) is 0 Å². The summed E-state index contributed by atoms with van der Waals surface area (Å²) in [6, 6.07) is 0. The van der Waals surface area contributed by atoms with Crippen LogP contribution in [0.25, 0.3) is 0 Å². The molecule has 1 fully saturated rings. The molecule has 1 saturated heterocycles. The van der Waals surface area contributed by atoms with Crippen molar-refractivity contribution < 1.29 is 4.79 Å². The lowest BCUT2D eigenvalue weighted by atomic mass is 9.95. The summed E-state index contributed by atoms with van der Waals surface area (Å²) in [5.74, 6) is 0.386. The SMILES string of the molecule is Cc1nc(C)c(C(=O)N2CCCC(c3cnccn3)C2)s1. The summed E-state index contributed by atoms with van der Waals surface area (Å²) in [4.78, 5) is 28.2. The summed E-state index contributed by atoms with van der Waals surface area (Å²) < 4.78 is 0. The van der Waals surface area contributed by atoms with Crippen LogP contribution in [0.1, 0.15) is 44.8 Å². The highest BCUT2D eigenvalue weighted by molar-refractivity contribution is 7.13. The molecule has 0 radical (unpaired) electrons. The molecule has 6 heteroatoms. The second-order valence-electron chi connectivity index (χ2n) is 5.37. The van der Waals surface area contributed by atoms with Crippen molar-refractivity contribution in [3.05, 3.63) is 39.9 Å². The minimum atomic E-state index is 0.103. The topological polar surface area (TPSA) is 59.0 Å². The largest absolute Gasteiger partial charge is 0.337 e. The Balaban J connectivity index is 1.77. The quantitative estimate of drug-likeness (QED) is 0.855. The summed E-state index contributed by atoms with van der Waals surface area (Å²) >= 11 is 1.48. The highest BCUT2D eigenvalue weighted by atomic mass is 32.1. The zero-order chi connectivity index (χ0) is 14.8. The number of nitrogens with zero attached hydrogens (tertiary/aromatic N) is 4. The Hall–Kier alpha value is -1.82. The predicted octanol–water partition coefficient (Wildman–Crippen LogP) is 2.57. The number of carbonyl (C=O) groups excluding carboxylic acids is 1. The molecule has 2 aromatic heterocycles. The lowest BCUT2D eigenvalue weighted by Gasteiger charge is -2.32. The van der Waals surface area contributed by atoms with E-state index >= 15 is 0 Å². The number of amides is 1. The van der Waals surface area contributed by atoms with Gasteiger partial charge in [-0.1, -0.05) is 0 Å². The predicted molar refractivity (Wildman–Crippen MR) is 81.5 cm³/mol. The molecule has 0 saturated carbocycles. The van der Waals surface area contributed by atoms with Crippen molar-refractivity contribution >= 4 is 17.2 Å². The average Bonchev–Trinajstić information content (AvgIpc) is 2.86. The van der Waals surface area contributed by atoms with Gasteiger partial charge in [0.1, 0.15) is 4.88 Å². The van der Waals surface area contributed by atoms with Crippen molar-refractivity contribution in [3.63, 3.8) is 0 Å². The molecule has 3 rings (SSSR count). The van der Waals surface area contributed by atoms with Gasteiger partial charge in [0.05, 0.1) is 16.4 Å². The van der Waals surface area contributed by atoms with Gasteiger partial charge in [0.25, 0.3) is 5.91 Å². The van der Waals surface area contributed by atoms with Crippen molar-refractivity contribution in [1.29, 1.82) is 0 Å². The Morgan fingerprint density at radius 3 is 2.90 bits per heavy atom. The number of carbonyl (C=O) groups is 1. The molecule has 21 heavy (non-hydrogen) atoms. The van der Waals surface area contributed by atoms with Crippen LogP contribution in [0.15, 0.2) is 18.6 Å². The van der Waals surface area contributed by atoms with Crippen LogP contribution in [0.2, 0.25) is 0 Å². The van der Waals surface area contributed by atoms with Gasteiger partial charge in [0, 0.05) is 37.6 Å². The first-order valence-corrected chi connectivity index (χ1v) is 7.96. The van der Waals surface area contributed by atoms with Crippen molar-refractivity contribution in [3.8, 4) is 0 Å². The smallest absolute Gasteiger partial charge is 0.265 e. The summed E-state index contributed by atoms with van der Waals surface area (Å²) in [7, 11) is 0. The van der Waals surface area contributed by atoms with E-state index in [0.29, 0.717) is 6.54 Å². The molecule has 1 atom stereocenters. The third-order valence-corrected chi connectivity index (χ3v) is 4.87. The minimum absolute atomic E-state index is 0.103. The molecule has 1 unspecified atom stereocenters. The van der Waals surface area contributed by atoms with Crippen LogP contribution >= 0.6 is 11.3 Å². The molecule has 1 amide bonds. The number of rotatable bonds is 2. The third kappa shape index (κ3) is 2.95. The van der Waals surface area contributed by atoms with E-state index in [2.05, 4.69) is 15.0 Å². The summed E-state index contributed by atoms with van der Waals surface area (Å²) in [5.41, 5.74) is 1.82. The summed E-state index contributed by atoms with van der Waals surface area (Å²) in [6.07, 6.45) is 7.26. The molecule has 0 aliphatic carbocycles. The number of hydrogen-bond acceptors (Lipinski definition) is 5. The van der Waals surface area contributed by atoms with Gasteiger partial charge >= 0.3 is 0 Å². The number of thiazole rings is 1. The van der Waals surface area contributed by atoms with Crippen molar-refractivity contribution in [2.75, 3.05) is 13.1 Å². The monoisotopic (exact) mass is 302 g/mol. The molecule has 3 heterocycles. The zero-order valence-corrected chi connectivity index (χ0v) is 13.1. The molecule has 2 aromatic rings. The van der Waals surface area contributed by atoms with E-state index in [4.69, 9.17) is 0 Å². The second-order valence-corrected chi connectivity index (χ2v) is 6.57. The Kier molecular flexibility index (Phi) is 3.96. The maximum absolute atomic E-state index is 12.7. The lowest BCUT2D eigenvalue weighted by Crippen LogP contribution is -2.39. The van der Waals surface area contributed by atoms with E-state index in [9.17, 15) is 4.79 Å². The summed E-state index contributed by atoms with van der Waals surface area (Å²) in [6.45, 7) is 5.37. The van der Waals surface area contributed by atoms with Crippen LogP contribution in [0, 0.1) is 13.8 Å². The molecule has 0 N–H and O–H groups in total. The highest BCUT2D eigenvalue weighted by Crippen LogP contribution is 2.27. The normalized spacial score (nSPS) is 18.8. The van der Waals surface area contributed by atoms with E-state index in [1.165, 1.54) is 11.3 Å². The molecule has 5 nitrogen and oxygen atoms in total. The van der Waals surface area contributed by atoms with E-state index in [0.717, 1.165) is 40.7 Å². The number of likely N-dealkylation sites (tertiary alicyclic amines) is 1. The fraction of sp³-hybridized carbons (Fsp3) is 0.467. The number of aromatic nitrogens is 3. The number of piperidine rings is 1. The molecule has 1 aliphatic heterocycles. The van der Waals surface area contributed by atoms with Crippen molar-refractivity contribution in [2.45, 2.75) is 32.6 Å². The fourth-order valence-electron chi connectivity index (χ4n) is 2.80. The molecule has 110 valence electrons. The van der Waals surface area contributed by atoms with Crippen LogP contribution in [-0.2, 0) is 0 Å². The van der Waals surface area contributed by atoms with Gasteiger partial charge in [-0.3, -0.25) is 14.8 Å². The van der Waals surface area contributed by atoms with Gasteiger partial charge in [0.15, 0.2) is 0 Å². The Labute approximate surface area is 128 Å². The van der Waals surface area contributed by atoms with Crippen LogP contribution < -0.4 is 0 Å². The van der Waals surface area contributed by atoms with Gasteiger partial charge in [-0.2, -0.15) is 0 Å². The van der Waals surface area contributed by atoms with Crippen LogP contribution in [-0.4, -0.2) is 38.8 Å². The summed E-state index contributed by atoms with van der Waals surface area (Å²) in [5, 5.41) is 0.943. The Bertz CT molecular complexity index is 640. The molecule has 0 aromatic carbocycles. The van der Waals surface area contributed by atoms with E-state index < -0.39 is 0 Å². The number of hydrogen-bond donors (Lipinski definition) is 0. The van der Waals surface area contributed by atoms with E-state index in [1.807, 2.05) is 18.7 Å². The van der Waals surface area contributed by atoms with Gasteiger partial charge in [-0.25, -0.2) is 4.98 Å². The third-order valence-electron chi connectivity index (χ3n) is 3.81. The minimum Gasteiger partial charge on any atom is -0.337 e. The Morgan fingerprint density at radius 1 is 1.38 bits per heavy atom. The first-order chi connectivity index (χ1) is 10.1. The maximum atomic E-state index is 12.7. The van der Waals surface area contributed by atoms with Gasteiger partial charge in [0.2, 0.25) is 0 Å². The molecule has 0 bridgehead atoms. The maximum Gasteiger partial charge on any atom is 0.265 e. The van der Waals surface area contributed by atoms with Crippen molar-refractivity contribution in [1.82, 2.24) is 19.9 Å². The van der Waals surface area contributed by atoms with Crippen molar-refractivity contribution in [2.24, 2.45) is 0 Å². The fourth-order valence-corrected chi connectivity index (χ4v) is 3.69. The highest BCUT2D eigenvalue weighted by Gasteiger charge is 2.28. The molecular weight excluding hydrogens is 284 g/mol.